The number of anilines is 1. The lowest BCUT2D eigenvalue weighted by molar-refractivity contribution is -0.384. The monoisotopic (exact) mass is 349 g/mol. The van der Waals surface area contributed by atoms with Gasteiger partial charge in [-0.15, -0.1) is 0 Å². The van der Waals surface area contributed by atoms with E-state index in [1.807, 2.05) is 6.07 Å². The molecule has 0 saturated carbocycles. The largest absolute Gasteiger partial charge is 0.349 e. The number of para-hydroxylation sites is 1. The van der Waals surface area contributed by atoms with Gasteiger partial charge < -0.3 is 10.3 Å². The Morgan fingerprint density at radius 3 is 2.61 bits per heavy atom. The summed E-state index contributed by atoms with van der Waals surface area (Å²) in [4.78, 5) is 25.5. The number of nitro benzene ring substituents is 1. The van der Waals surface area contributed by atoms with E-state index in [-0.39, 0.29) is 16.4 Å². The number of hydrogen-bond donors (Lipinski definition) is 2. The van der Waals surface area contributed by atoms with E-state index in [0.29, 0.717) is 16.2 Å². The molecule has 1 aromatic heterocycles. The Labute approximate surface area is 140 Å². The summed E-state index contributed by atoms with van der Waals surface area (Å²) in [5.41, 5.74) is 0.951. The van der Waals surface area contributed by atoms with Gasteiger partial charge in [-0.3, -0.25) is 14.9 Å². The Kier molecular flexibility index (Phi) is 3.94. The number of halogens is 2. The van der Waals surface area contributed by atoms with Crippen molar-refractivity contribution in [2.24, 2.45) is 0 Å². The lowest BCUT2D eigenvalue weighted by Crippen LogP contribution is -2.12. The molecule has 116 valence electrons. The van der Waals surface area contributed by atoms with E-state index in [2.05, 4.69) is 10.3 Å². The molecule has 1 amide bonds. The molecule has 0 aliphatic rings. The van der Waals surface area contributed by atoms with Crippen molar-refractivity contribution < 1.29 is 9.72 Å². The minimum absolute atomic E-state index is 0.00499. The second-order valence-corrected chi connectivity index (χ2v) is 5.58. The van der Waals surface area contributed by atoms with Gasteiger partial charge in [0.2, 0.25) is 0 Å². The molecule has 2 N–H and O–H groups in total. The van der Waals surface area contributed by atoms with Gasteiger partial charge in [0, 0.05) is 17.1 Å². The van der Waals surface area contributed by atoms with Crippen LogP contribution in [0, 0.1) is 10.1 Å². The number of fused-ring (bicyclic) bond motifs is 1. The fourth-order valence-corrected chi connectivity index (χ4v) is 2.59. The molecule has 0 fully saturated rings. The summed E-state index contributed by atoms with van der Waals surface area (Å²) < 4.78 is 0. The first-order valence-electron chi connectivity index (χ1n) is 6.48. The highest BCUT2D eigenvalue weighted by molar-refractivity contribution is 6.35. The molecule has 0 unspecified atom stereocenters. The molecule has 3 rings (SSSR count). The van der Waals surface area contributed by atoms with Gasteiger partial charge in [-0.2, -0.15) is 0 Å². The normalized spacial score (nSPS) is 10.7. The van der Waals surface area contributed by atoms with Crippen LogP contribution in [0.3, 0.4) is 0 Å². The molecule has 23 heavy (non-hydrogen) atoms. The van der Waals surface area contributed by atoms with E-state index < -0.39 is 10.8 Å². The van der Waals surface area contributed by atoms with Gasteiger partial charge in [0.1, 0.15) is 10.7 Å². The summed E-state index contributed by atoms with van der Waals surface area (Å²) in [6.45, 7) is 0. The van der Waals surface area contributed by atoms with Crippen molar-refractivity contribution in [2.45, 2.75) is 0 Å². The Morgan fingerprint density at radius 2 is 1.91 bits per heavy atom. The maximum Gasteiger partial charge on any atom is 0.289 e. The van der Waals surface area contributed by atoms with Gasteiger partial charge in [0.25, 0.3) is 11.6 Å². The summed E-state index contributed by atoms with van der Waals surface area (Å²) >= 11 is 11.8. The Hall–Kier alpha value is -2.57. The molecule has 0 radical (unpaired) electrons. The zero-order valence-corrected chi connectivity index (χ0v) is 13.0. The maximum atomic E-state index is 12.3. The molecule has 6 nitrogen and oxygen atoms in total. The summed E-state index contributed by atoms with van der Waals surface area (Å²) in [6.07, 6.45) is 0. The highest BCUT2D eigenvalue weighted by Gasteiger charge is 2.16. The first kappa shape index (κ1) is 15.3. The molecule has 1 heterocycles. The van der Waals surface area contributed by atoms with Gasteiger partial charge in [0.05, 0.1) is 15.5 Å². The molecule has 8 heteroatoms. The third kappa shape index (κ3) is 2.99. The minimum atomic E-state index is -0.610. The molecule has 0 saturated heterocycles. The van der Waals surface area contributed by atoms with Crippen molar-refractivity contribution in [3.63, 3.8) is 0 Å². The molecule has 2 aromatic carbocycles. The minimum Gasteiger partial charge on any atom is -0.349 e. The van der Waals surface area contributed by atoms with E-state index in [4.69, 9.17) is 23.2 Å². The zero-order chi connectivity index (χ0) is 16.6. The number of carbonyl (C=O) groups is 1. The van der Waals surface area contributed by atoms with Crippen LogP contribution in [0.2, 0.25) is 10.0 Å². The predicted molar refractivity (Wildman–Crippen MR) is 89.4 cm³/mol. The number of nitrogens with one attached hydrogen (secondary N) is 2. The van der Waals surface area contributed by atoms with Crippen LogP contribution in [0.25, 0.3) is 10.9 Å². The number of H-pyrrole nitrogens is 1. The van der Waals surface area contributed by atoms with Crippen molar-refractivity contribution in [3.05, 3.63) is 68.3 Å². The zero-order valence-electron chi connectivity index (χ0n) is 11.5. The molecule has 0 aliphatic carbocycles. The number of rotatable bonds is 3. The molecule has 0 aliphatic heterocycles. The number of carbonyl (C=O) groups excluding carboxylic acids is 1. The number of nitro groups is 1. The highest BCUT2D eigenvalue weighted by Crippen LogP contribution is 2.28. The Morgan fingerprint density at radius 1 is 1.13 bits per heavy atom. The molecular formula is C15H9Cl2N3O3. The van der Waals surface area contributed by atoms with Gasteiger partial charge in [-0.1, -0.05) is 35.3 Å². The second kappa shape index (κ2) is 5.91. The third-order valence-corrected chi connectivity index (χ3v) is 3.89. The van der Waals surface area contributed by atoms with Crippen LogP contribution in [0.15, 0.2) is 42.5 Å². The van der Waals surface area contributed by atoms with Crippen LogP contribution >= 0.6 is 23.2 Å². The average molecular weight is 350 g/mol. The van der Waals surface area contributed by atoms with Crippen LogP contribution in [-0.4, -0.2) is 15.8 Å². The number of benzene rings is 2. The van der Waals surface area contributed by atoms with E-state index in [0.717, 1.165) is 5.39 Å². The number of amides is 1. The van der Waals surface area contributed by atoms with Gasteiger partial charge in [-0.05, 0) is 24.3 Å². The van der Waals surface area contributed by atoms with Crippen LogP contribution < -0.4 is 5.32 Å². The molecule has 0 spiro atoms. The Bertz CT molecular complexity index is 937. The van der Waals surface area contributed by atoms with Gasteiger partial charge >= 0.3 is 0 Å². The highest BCUT2D eigenvalue weighted by atomic mass is 35.5. The average Bonchev–Trinajstić information content (AvgIpc) is 2.94. The van der Waals surface area contributed by atoms with Gasteiger partial charge in [0.15, 0.2) is 0 Å². The van der Waals surface area contributed by atoms with Crippen molar-refractivity contribution in [1.29, 1.82) is 0 Å². The second-order valence-electron chi connectivity index (χ2n) is 4.76. The fraction of sp³-hybridized carbons (Fsp3) is 0. The predicted octanol–water partition coefficient (Wildman–Crippen LogP) is 4.64. The number of nitrogens with zero attached hydrogens (tertiary/aromatic N) is 1. The van der Waals surface area contributed by atoms with E-state index in [1.165, 1.54) is 18.2 Å². The van der Waals surface area contributed by atoms with Gasteiger partial charge in [-0.25, -0.2) is 0 Å². The first-order valence-corrected chi connectivity index (χ1v) is 7.24. The van der Waals surface area contributed by atoms with Crippen LogP contribution in [-0.2, 0) is 0 Å². The van der Waals surface area contributed by atoms with Crippen LogP contribution in [0.5, 0.6) is 0 Å². The molecule has 0 atom stereocenters. The lowest BCUT2D eigenvalue weighted by Gasteiger charge is -2.04. The maximum absolute atomic E-state index is 12.3. The molecular weight excluding hydrogens is 341 g/mol. The smallest absolute Gasteiger partial charge is 0.289 e. The molecule has 3 aromatic rings. The Balaban J connectivity index is 1.90. The van der Waals surface area contributed by atoms with Crippen LogP contribution in [0.1, 0.15) is 10.5 Å². The summed E-state index contributed by atoms with van der Waals surface area (Å²) in [7, 11) is 0. The number of hydrogen-bond acceptors (Lipinski definition) is 3. The lowest BCUT2D eigenvalue weighted by atomic mass is 10.2. The van der Waals surface area contributed by atoms with Crippen LogP contribution in [0.4, 0.5) is 11.4 Å². The van der Waals surface area contributed by atoms with Crippen molar-refractivity contribution in [2.75, 3.05) is 5.32 Å². The number of aromatic amines is 1. The van der Waals surface area contributed by atoms with E-state index in [9.17, 15) is 14.9 Å². The summed E-state index contributed by atoms with van der Waals surface area (Å²) in [5, 5.41) is 14.8. The van der Waals surface area contributed by atoms with Crippen molar-refractivity contribution in [3.8, 4) is 0 Å². The van der Waals surface area contributed by atoms with Crippen molar-refractivity contribution in [1.82, 2.24) is 4.98 Å². The quantitative estimate of drug-likeness (QED) is 0.533. The number of aromatic nitrogens is 1. The van der Waals surface area contributed by atoms with Crippen molar-refractivity contribution >= 4 is 51.4 Å². The molecule has 0 bridgehead atoms. The van der Waals surface area contributed by atoms with E-state index >= 15 is 0 Å². The summed E-state index contributed by atoms with van der Waals surface area (Å²) in [5.74, 6) is -0.436. The summed E-state index contributed by atoms with van der Waals surface area (Å²) in [6, 6.07) is 11.0. The third-order valence-electron chi connectivity index (χ3n) is 3.25. The van der Waals surface area contributed by atoms with E-state index in [1.54, 1.807) is 18.2 Å². The topological polar surface area (TPSA) is 88.0 Å². The SMILES string of the molecule is O=C(Nc1ccc(Cl)c([N+](=O)[O-])c1)c1cc2cccc(Cl)c2[nH]1. The standard InChI is InChI=1S/C15H9Cl2N3O3/c16-10-5-4-9(7-13(10)20(22)23)18-15(21)12-6-8-2-1-3-11(17)14(8)19-12/h1-7,19H,(H,18,21). The fourth-order valence-electron chi connectivity index (χ4n) is 2.17. The first-order chi connectivity index (χ1) is 11.0.